The van der Waals surface area contributed by atoms with Crippen molar-refractivity contribution in [2.75, 3.05) is 18.6 Å². The third-order valence-corrected chi connectivity index (χ3v) is 4.88. The van der Waals surface area contributed by atoms with E-state index in [0.29, 0.717) is 6.04 Å². The second-order valence-corrected chi connectivity index (χ2v) is 6.70. The van der Waals surface area contributed by atoms with Crippen LogP contribution in [0.15, 0.2) is 42.7 Å². The maximum absolute atomic E-state index is 5.28. The van der Waals surface area contributed by atoms with Crippen LogP contribution < -0.4 is 9.64 Å². The molecule has 0 saturated carbocycles. The zero-order valence-electron chi connectivity index (χ0n) is 15.4. The Labute approximate surface area is 153 Å². The molecule has 1 unspecified atom stereocenters. The Hall–Kier alpha value is -2.89. The molecule has 0 radical (unpaired) electrons. The van der Waals surface area contributed by atoms with E-state index in [-0.39, 0.29) is 0 Å². The third kappa shape index (κ3) is 3.03. The maximum atomic E-state index is 5.28. The van der Waals surface area contributed by atoms with Gasteiger partial charge in [-0.2, -0.15) is 5.10 Å². The quantitative estimate of drug-likeness (QED) is 0.720. The minimum atomic E-state index is 0.311. The van der Waals surface area contributed by atoms with Crippen LogP contribution in [0.1, 0.15) is 35.8 Å². The van der Waals surface area contributed by atoms with Crippen LogP contribution in [0.3, 0.4) is 0 Å². The highest BCUT2D eigenvalue weighted by molar-refractivity contribution is 5.45. The Morgan fingerprint density at radius 2 is 1.85 bits per heavy atom. The molecule has 26 heavy (non-hydrogen) atoms. The van der Waals surface area contributed by atoms with Crippen molar-refractivity contribution in [1.29, 1.82) is 0 Å². The molecule has 0 bridgehead atoms. The average molecular weight is 349 g/mol. The Bertz CT molecular complexity index is 903. The molecule has 1 aromatic carbocycles. The van der Waals surface area contributed by atoms with Crippen molar-refractivity contribution < 1.29 is 4.74 Å². The van der Waals surface area contributed by atoms with Gasteiger partial charge in [0.05, 0.1) is 31.2 Å². The molecule has 1 atom stereocenters. The first-order valence-electron chi connectivity index (χ1n) is 8.92. The molecule has 1 aliphatic rings. The van der Waals surface area contributed by atoms with Gasteiger partial charge in [0, 0.05) is 12.2 Å². The summed E-state index contributed by atoms with van der Waals surface area (Å²) < 4.78 is 7.13. The van der Waals surface area contributed by atoms with E-state index in [1.54, 1.807) is 13.3 Å². The van der Waals surface area contributed by atoms with E-state index in [9.17, 15) is 0 Å². The smallest absolute Gasteiger partial charge is 0.174 e. The van der Waals surface area contributed by atoms with Gasteiger partial charge in [-0.05, 0) is 50.5 Å². The number of methoxy groups -OCH3 is 1. The van der Waals surface area contributed by atoms with Crippen LogP contribution in [-0.4, -0.2) is 33.4 Å². The molecule has 6 nitrogen and oxygen atoms in total. The molecule has 0 spiro atoms. The minimum absolute atomic E-state index is 0.311. The second kappa shape index (κ2) is 6.78. The highest BCUT2D eigenvalue weighted by atomic mass is 16.5. The van der Waals surface area contributed by atoms with E-state index in [4.69, 9.17) is 9.72 Å². The molecule has 2 aromatic heterocycles. The van der Waals surface area contributed by atoms with E-state index < -0.39 is 0 Å². The molecule has 1 aliphatic heterocycles. The van der Waals surface area contributed by atoms with Gasteiger partial charge < -0.3 is 9.64 Å². The van der Waals surface area contributed by atoms with Crippen LogP contribution in [0.5, 0.6) is 5.75 Å². The van der Waals surface area contributed by atoms with Gasteiger partial charge in [0.15, 0.2) is 5.82 Å². The molecule has 0 aliphatic carbocycles. The van der Waals surface area contributed by atoms with Gasteiger partial charge in [-0.3, -0.25) is 4.98 Å². The lowest BCUT2D eigenvalue weighted by Crippen LogP contribution is -2.24. The first kappa shape index (κ1) is 16.6. The summed E-state index contributed by atoms with van der Waals surface area (Å²) in [6, 6.07) is 10.7. The fourth-order valence-electron chi connectivity index (χ4n) is 3.66. The van der Waals surface area contributed by atoms with Crippen LogP contribution >= 0.6 is 0 Å². The number of hydrogen-bond donors (Lipinski definition) is 0. The Kier molecular flexibility index (Phi) is 4.32. The van der Waals surface area contributed by atoms with Crippen molar-refractivity contribution in [3.8, 4) is 11.6 Å². The second-order valence-electron chi connectivity index (χ2n) is 6.70. The first-order valence-corrected chi connectivity index (χ1v) is 8.92. The van der Waals surface area contributed by atoms with Gasteiger partial charge >= 0.3 is 0 Å². The number of nitrogens with zero attached hydrogens (tertiary/aromatic N) is 5. The monoisotopic (exact) mass is 349 g/mol. The number of aromatic nitrogens is 4. The topological polar surface area (TPSA) is 56.1 Å². The standard InChI is InChI=1S/C20H23N5O/c1-14-11-15(2)25(23-14)20-13-21-12-19(22-20)24-10-4-5-18(24)16-6-8-17(26-3)9-7-16/h6-9,11-13,18H,4-5,10H2,1-3H3. The Morgan fingerprint density at radius 3 is 2.54 bits per heavy atom. The largest absolute Gasteiger partial charge is 0.497 e. The van der Waals surface area contributed by atoms with Crippen LogP contribution in [0.4, 0.5) is 5.82 Å². The first-order chi connectivity index (χ1) is 12.7. The SMILES string of the molecule is COc1ccc(C2CCCN2c2cncc(-n3nc(C)cc3C)n2)cc1. The van der Waals surface area contributed by atoms with Gasteiger partial charge in [0.25, 0.3) is 0 Å². The molecule has 0 amide bonds. The van der Waals surface area contributed by atoms with Crippen molar-refractivity contribution in [1.82, 2.24) is 19.7 Å². The molecule has 3 aromatic rings. The van der Waals surface area contributed by atoms with E-state index in [1.165, 1.54) is 5.56 Å². The number of ether oxygens (including phenoxy) is 1. The summed E-state index contributed by atoms with van der Waals surface area (Å²) in [6.45, 7) is 5.00. The normalized spacial score (nSPS) is 16.9. The van der Waals surface area contributed by atoms with Crippen molar-refractivity contribution in [3.05, 3.63) is 59.7 Å². The number of anilines is 1. The zero-order chi connectivity index (χ0) is 18.1. The minimum Gasteiger partial charge on any atom is -0.497 e. The molecule has 1 saturated heterocycles. The number of aryl methyl sites for hydroxylation is 2. The summed E-state index contributed by atoms with van der Waals surface area (Å²) in [6.07, 6.45) is 5.86. The van der Waals surface area contributed by atoms with E-state index >= 15 is 0 Å². The van der Waals surface area contributed by atoms with Gasteiger partial charge in [-0.1, -0.05) is 12.1 Å². The molecular weight excluding hydrogens is 326 g/mol. The Morgan fingerprint density at radius 1 is 1.08 bits per heavy atom. The highest BCUT2D eigenvalue weighted by Crippen LogP contribution is 2.35. The van der Waals surface area contributed by atoms with Crippen LogP contribution in [0.2, 0.25) is 0 Å². The fraction of sp³-hybridized carbons (Fsp3) is 0.350. The molecule has 4 rings (SSSR count). The summed E-state index contributed by atoms with van der Waals surface area (Å²) in [5.74, 6) is 2.53. The molecule has 134 valence electrons. The molecule has 1 fully saturated rings. The predicted molar refractivity (Wildman–Crippen MR) is 101 cm³/mol. The van der Waals surface area contributed by atoms with Gasteiger partial charge in [0.2, 0.25) is 0 Å². The third-order valence-electron chi connectivity index (χ3n) is 4.88. The van der Waals surface area contributed by atoms with Crippen molar-refractivity contribution in [3.63, 3.8) is 0 Å². The van der Waals surface area contributed by atoms with Crippen molar-refractivity contribution in [2.24, 2.45) is 0 Å². The predicted octanol–water partition coefficient (Wildman–Crippen LogP) is 3.63. The van der Waals surface area contributed by atoms with Crippen LogP contribution in [0.25, 0.3) is 5.82 Å². The average Bonchev–Trinajstić information content (AvgIpc) is 3.28. The summed E-state index contributed by atoms with van der Waals surface area (Å²) in [4.78, 5) is 11.6. The number of hydrogen-bond acceptors (Lipinski definition) is 5. The maximum Gasteiger partial charge on any atom is 0.174 e. The lowest BCUT2D eigenvalue weighted by molar-refractivity contribution is 0.414. The van der Waals surface area contributed by atoms with Crippen LogP contribution in [-0.2, 0) is 0 Å². The van der Waals surface area contributed by atoms with Gasteiger partial charge in [-0.15, -0.1) is 0 Å². The molecular formula is C20H23N5O. The van der Waals surface area contributed by atoms with Gasteiger partial charge in [-0.25, -0.2) is 9.67 Å². The molecule has 6 heteroatoms. The number of benzene rings is 1. The zero-order valence-corrected chi connectivity index (χ0v) is 15.4. The summed E-state index contributed by atoms with van der Waals surface area (Å²) in [5, 5.41) is 4.53. The molecule has 3 heterocycles. The highest BCUT2D eigenvalue weighted by Gasteiger charge is 2.27. The Balaban J connectivity index is 1.65. The summed E-state index contributed by atoms with van der Waals surface area (Å²) in [5.41, 5.74) is 3.32. The summed E-state index contributed by atoms with van der Waals surface area (Å²) in [7, 11) is 1.69. The van der Waals surface area contributed by atoms with E-state index in [2.05, 4.69) is 27.1 Å². The van der Waals surface area contributed by atoms with Crippen LogP contribution in [0, 0.1) is 13.8 Å². The fourth-order valence-corrected chi connectivity index (χ4v) is 3.66. The van der Waals surface area contributed by atoms with Crippen molar-refractivity contribution in [2.45, 2.75) is 32.7 Å². The lowest BCUT2D eigenvalue weighted by Gasteiger charge is -2.26. The van der Waals surface area contributed by atoms with Crippen molar-refractivity contribution >= 4 is 5.82 Å². The van der Waals surface area contributed by atoms with E-state index in [0.717, 1.165) is 48.2 Å². The van der Waals surface area contributed by atoms with E-state index in [1.807, 2.05) is 42.9 Å². The summed E-state index contributed by atoms with van der Waals surface area (Å²) >= 11 is 0. The van der Waals surface area contributed by atoms with Gasteiger partial charge in [0.1, 0.15) is 11.6 Å². The lowest BCUT2D eigenvalue weighted by atomic mass is 10.0. The molecule has 0 N–H and O–H groups in total. The number of rotatable bonds is 4.